The fraction of sp³-hybridized carbons (Fsp3) is 0.133. The highest BCUT2D eigenvalue weighted by Crippen LogP contribution is 2.30. The lowest BCUT2D eigenvalue weighted by Gasteiger charge is -2.09. The van der Waals surface area contributed by atoms with Gasteiger partial charge in [-0.1, -0.05) is 29.4 Å². The van der Waals surface area contributed by atoms with Crippen LogP contribution in [0.2, 0.25) is 5.02 Å². The van der Waals surface area contributed by atoms with Crippen LogP contribution < -0.4 is 11.1 Å². The number of halogens is 1. The molecule has 0 saturated carbocycles. The molecule has 0 bridgehead atoms. The first-order valence-electron chi connectivity index (χ1n) is 6.14. The molecule has 5 heteroatoms. The van der Waals surface area contributed by atoms with E-state index in [1.54, 1.807) is 18.7 Å². The van der Waals surface area contributed by atoms with E-state index in [1.807, 2.05) is 48.5 Å². The Morgan fingerprint density at radius 1 is 1.20 bits per heavy atom. The maximum Gasteiger partial charge on any atom is 0.240 e. The van der Waals surface area contributed by atoms with E-state index in [0.29, 0.717) is 5.02 Å². The van der Waals surface area contributed by atoms with Gasteiger partial charge in [-0.15, -0.1) is 0 Å². The molecular weight excluding hydrogens is 292 g/mol. The standard InChI is InChI=1S/C15H15ClN2OS/c1-10(17)15(19)18-12-3-2-4-14(9-12)20-13-7-5-11(16)6-8-13/h2-10H,17H2,1H3,(H,18,19). The van der Waals surface area contributed by atoms with Gasteiger partial charge in [-0.25, -0.2) is 0 Å². The lowest BCUT2D eigenvalue weighted by molar-refractivity contribution is -0.117. The van der Waals surface area contributed by atoms with Gasteiger partial charge < -0.3 is 11.1 Å². The molecule has 20 heavy (non-hydrogen) atoms. The summed E-state index contributed by atoms with van der Waals surface area (Å²) in [6.45, 7) is 1.65. The molecule has 3 nitrogen and oxygen atoms in total. The van der Waals surface area contributed by atoms with Crippen LogP contribution in [0.5, 0.6) is 0 Å². The molecule has 0 aliphatic rings. The van der Waals surface area contributed by atoms with Crippen molar-refractivity contribution in [1.82, 2.24) is 0 Å². The minimum atomic E-state index is -0.525. The maximum absolute atomic E-state index is 11.6. The molecule has 1 unspecified atom stereocenters. The average Bonchev–Trinajstić information content (AvgIpc) is 2.42. The van der Waals surface area contributed by atoms with Gasteiger partial charge in [0.2, 0.25) is 5.91 Å². The predicted octanol–water partition coefficient (Wildman–Crippen LogP) is 3.78. The van der Waals surface area contributed by atoms with Crippen LogP contribution >= 0.6 is 23.4 Å². The third-order valence-electron chi connectivity index (χ3n) is 2.56. The molecule has 2 aromatic rings. The number of nitrogens with two attached hydrogens (primary N) is 1. The number of carbonyl (C=O) groups is 1. The second-order valence-electron chi connectivity index (χ2n) is 4.36. The lowest BCUT2D eigenvalue weighted by Crippen LogP contribution is -2.32. The summed E-state index contributed by atoms with van der Waals surface area (Å²) >= 11 is 7.46. The first-order valence-corrected chi connectivity index (χ1v) is 7.34. The Morgan fingerprint density at radius 2 is 1.90 bits per heavy atom. The normalized spacial score (nSPS) is 11.9. The van der Waals surface area contributed by atoms with Gasteiger partial charge in [-0.2, -0.15) is 0 Å². The van der Waals surface area contributed by atoms with Crippen LogP contribution in [0.3, 0.4) is 0 Å². The van der Waals surface area contributed by atoms with Gasteiger partial charge in [0, 0.05) is 20.5 Å². The number of hydrogen-bond acceptors (Lipinski definition) is 3. The van der Waals surface area contributed by atoms with E-state index in [4.69, 9.17) is 17.3 Å². The van der Waals surface area contributed by atoms with Crippen LogP contribution in [0.4, 0.5) is 5.69 Å². The summed E-state index contributed by atoms with van der Waals surface area (Å²) in [5.74, 6) is -0.196. The topological polar surface area (TPSA) is 55.1 Å². The van der Waals surface area contributed by atoms with Crippen LogP contribution in [0.1, 0.15) is 6.92 Å². The van der Waals surface area contributed by atoms with Crippen molar-refractivity contribution in [2.75, 3.05) is 5.32 Å². The summed E-state index contributed by atoms with van der Waals surface area (Å²) < 4.78 is 0. The van der Waals surface area contributed by atoms with E-state index in [0.717, 1.165) is 15.5 Å². The second kappa shape index (κ2) is 6.79. The highest BCUT2D eigenvalue weighted by molar-refractivity contribution is 7.99. The molecule has 104 valence electrons. The van der Waals surface area contributed by atoms with Crippen LogP contribution in [0.25, 0.3) is 0 Å². The molecule has 0 aliphatic heterocycles. The Morgan fingerprint density at radius 3 is 2.55 bits per heavy atom. The highest BCUT2D eigenvalue weighted by Gasteiger charge is 2.07. The molecule has 2 rings (SSSR count). The number of hydrogen-bond donors (Lipinski definition) is 2. The van der Waals surface area contributed by atoms with Crippen molar-refractivity contribution < 1.29 is 4.79 Å². The molecule has 0 fully saturated rings. The fourth-order valence-electron chi connectivity index (χ4n) is 1.53. The van der Waals surface area contributed by atoms with E-state index in [9.17, 15) is 4.79 Å². The fourth-order valence-corrected chi connectivity index (χ4v) is 2.53. The summed E-state index contributed by atoms with van der Waals surface area (Å²) in [7, 11) is 0. The van der Waals surface area contributed by atoms with Crippen molar-refractivity contribution in [1.29, 1.82) is 0 Å². The molecule has 3 N–H and O–H groups in total. The zero-order valence-corrected chi connectivity index (χ0v) is 12.5. The molecule has 0 aromatic heterocycles. The zero-order valence-electron chi connectivity index (χ0n) is 11.0. The van der Waals surface area contributed by atoms with Gasteiger partial charge >= 0.3 is 0 Å². The van der Waals surface area contributed by atoms with E-state index >= 15 is 0 Å². The van der Waals surface area contributed by atoms with Crippen LogP contribution in [0, 0.1) is 0 Å². The van der Waals surface area contributed by atoms with Gasteiger partial charge in [0.15, 0.2) is 0 Å². The number of amides is 1. The number of benzene rings is 2. The molecule has 0 aliphatic carbocycles. The van der Waals surface area contributed by atoms with Crippen LogP contribution in [0.15, 0.2) is 58.3 Å². The van der Waals surface area contributed by atoms with Gasteiger partial charge in [0.25, 0.3) is 0 Å². The van der Waals surface area contributed by atoms with Crippen molar-refractivity contribution >= 4 is 35.0 Å². The summed E-state index contributed by atoms with van der Waals surface area (Å²) in [4.78, 5) is 13.7. The number of rotatable bonds is 4. The van der Waals surface area contributed by atoms with Gasteiger partial charge in [-0.05, 0) is 49.4 Å². The van der Waals surface area contributed by atoms with E-state index in [-0.39, 0.29) is 5.91 Å². The predicted molar refractivity (Wildman–Crippen MR) is 84.3 cm³/mol. The summed E-state index contributed by atoms with van der Waals surface area (Å²) in [5.41, 5.74) is 6.27. The molecule has 1 amide bonds. The second-order valence-corrected chi connectivity index (χ2v) is 5.95. The average molecular weight is 307 g/mol. The highest BCUT2D eigenvalue weighted by atomic mass is 35.5. The maximum atomic E-state index is 11.6. The monoisotopic (exact) mass is 306 g/mol. The summed E-state index contributed by atoms with van der Waals surface area (Å²) in [6, 6.07) is 14.7. The SMILES string of the molecule is CC(N)C(=O)Nc1cccc(Sc2ccc(Cl)cc2)c1. The van der Waals surface area contributed by atoms with Crippen LogP contribution in [-0.4, -0.2) is 11.9 Å². The zero-order chi connectivity index (χ0) is 14.5. The van der Waals surface area contributed by atoms with Crippen LogP contribution in [-0.2, 0) is 4.79 Å². The molecular formula is C15H15ClN2OS. The molecule has 0 saturated heterocycles. The number of nitrogens with one attached hydrogen (secondary N) is 1. The Balaban J connectivity index is 2.09. The molecule has 0 heterocycles. The number of carbonyl (C=O) groups excluding carboxylic acids is 1. The molecule has 0 spiro atoms. The van der Waals surface area contributed by atoms with Crippen molar-refractivity contribution in [2.24, 2.45) is 5.73 Å². The van der Waals surface area contributed by atoms with Crippen molar-refractivity contribution in [3.05, 3.63) is 53.6 Å². The Labute approximate surface area is 127 Å². The lowest BCUT2D eigenvalue weighted by atomic mass is 10.3. The van der Waals surface area contributed by atoms with E-state index in [1.165, 1.54) is 0 Å². The van der Waals surface area contributed by atoms with Gasteiger partial charge in [0.05, 0.1) is 6.04 Å². The third-order valence-corrected chi connectivity index (χ3v) is 3.81. The Kier molecular flexibility index (Phi) is 5.06. The van der Waals surface area contributed by atoms with E-state index in [2.05, 4.69) is 5.32 Å². The van der Waals surface area contributed by atoms with Crippen molar-refractivity contribution in [3.63, 3.8) is 0 Å². The third kappa shape index (κ3) is 4.27. The molecule has 1 atom stereocenters. The molecule has 0 radical (unpaired) electrons. The quantitative estimate of drug-likeness (QED) is 0.904. The van der Waals surface area contributed by atoms with E-state index < -0.39 is 6.04 Å². The largest absolute Gasteiger partial charge is 0.325 e. The summed E-state index contributed by atoms with van der Waals surface area (Å²) in [6.07, 6.45) is 0. The van der Waals surface area contributed by atoms with Gasteiger partial charge in [-0.3, -0.25) is 4.79 Å². The smallest absolute Gasteiger partial charge is 0.240 e. The number of anilines is 1. The van der Waals surface area contributed by atoms with Gasteiger partial charge in [0.1, 0.15) is 0 Å². The summed E-state index contributed by atoms with van der Waals surface area (Å²) in [5, 5.41) is 3.49. The minimum Gasteiger partial charge on any atom is -0.325 e. The minimum absolute atomic E-state index is 0.196. The van der Waals surface area contributed by atoms with Crippen molar-refractivity contribution in [3.8, 4) is 0 Å². The Bertz CT molecular complexity index is 599. The molecule has 2 aromatic carbocycles. The van der Waals surface area contributed by atoms with Crippen molar-refractivity contribution in [2.45, 2.75) is 22.8 Å². The first kappa shape index (κ1) is 14.9. The first-order chi connectivity index (χ1) is 9.54. The Hall–Kier alpha value is -1.49.